The van der Waals surface area contributed by atoms with Crippen LogP contribution in [0.1, 0.15) is 21.8 Å². The van der Waals surface area contributed by atoms with Gasteiger partial charge < -0.3 is 9.52 Å². The summed E-state index contributed by atoms with van der Waals surface area (Å²) in [6, 6.07) is 5.91. The summed E-state index contributed by atoms with van der Waals surface area (Å²) in [7, 11) is 0. The van der Waals surface area contributed by atoms with Crippen molar-refractivity contribution in [2.75, 3.05) is 0 Å². The van der Waals surface area contributed by atoms with Crippen molar-refractivity contribution in [1.82, 2.24) is 4.98 Å². The first kappa shape index (κ1) is 10.4. The minimum absolute atomic E-state index is 0.282. The van der Waals surface area contributed by atoms with Gasteiger partial charge in [-0.1, -0.05) is 17.7 Å². The number of carbonyl (C=O) groups is 1. The Kier molecular flexibility index (Phi) is 2.48. The molecule has 2 rings (SSSR count). The number of nitrogens with zero attached hydrogens (tertiary/aromatic N) is 1. The van der Waals surface area contributed by atoms with Crippen LogP contribution in [-0.2, 0) is 0 Å². The van der Waals surface area contributed by atoms with E-state index in [0.717, 1.165) is 16.7 Å². The van der Waals surface area contributed by atoms with Crippen molar-refractivity contribution < 1.29 is 14.3 Å². The van der Waals surface area contributed by atoms with E-state index in [2.05, 4.69) is 4.98 Å². The molecule has 2 aromatic rings. The standard InChI is InChI=1S/C12H11NO3/c1-7-3-4-8(2)9(5-7)10-6-13-11(16-10)12(14)15/h3-6H,1-2H3,(H,14,15). The molecule has 1 heterocycles. The second kappa shape index (κ2) is 3.81. The van der Waals surface area contributed by atoms with Gasteiger partial charge in [-0.05, 0) is 25.5 Å². The van der Waals surface area contributed by atoms with Gasteiger partial charge in [0.05, 0.1) is 6.20 Å². The third kappa shape index (κ3) is 1.82. The molecule has 0 aliphatic rings. The maximum atomic E-state index is 10.6. The van der Waals surface area contributed by atoms with Gasteiger partial charge in [0.25, 0.3) is 0 Å². The molecule has 0 bridgehead atoms. The summed E-state index contributed by atoms with van der Waals surface area (Å²) in [5, 5.41) is 8.71. The number of carboxylic acid groups (broad SMARTS) is 1. The van der Waals surface area contributed by atoms with Crippen molar-refractivity contribution in [3.05, 3.63) is 41.4 Å². The van der Waals surface area contributed by atoms with E-state index in [1.165, 1.54) is 6.20 Å². The summed E-state index contributed by atoms with van der Waals surface area (Å²) in [6.45, 7) is 3.91. The molecule has 0 radical (unpaired) electrons. The summed E-state index contributed by atoms with van der Waals surface area (Å²) in [5.74, 6) is -0.953. The second-order valence-corrected chi connectivity index (χ2v) is 3.65. The van der Waals surface area contributed by atoms with Crippen LogP contribution in [0.2, 0.25) is 0 Å². The molecule has 0 saturated heterocycles. The zero-order valence-corrected chi connectivity index (χ0v) is 9.02. The number of aromatic carboxylic acids is 1. The van der Waals surface area contributed by atoms with Crippen LogP contribution in [0, 0.1) is 13.8 Å². The Bertz CT molecular complexity index is 543. The predicted molar refractivity (Wildman–Crippen MR) is 58.4 cm³/mol. The zero-order chi connectivity index (χ0) is 11.7. The third-order valence-electron chi connectivity index (χ3n) is 2.35. The largest absolute Gasteiger partial charge is 0.474 e. The first-order chi connectivity index (χ1) is 7.58. The van der Waals surface area contributed by atoms with E-state index in [0.29, 0.717) is 5.76 Å². The van der Waals surface area contributed by atoms with Gasteiger partial charge in [-0.15, -0.1) is 0 Å². The number of aromatic nitrogens is 1. The smallest absolute Gasteiger partial charge is 0.392 e. The van der Waals surface area contributed by atoms with Crippen LogP contribution in [-0.4, -0.2) is 16.1 Å². The van der Waals surface area contributed by atoms with Gasteiger partial charge in [0, 0.05) is 5.56 Å². The lowest BCUT2D eigenvalue weighted by Crippen LogP contribution is -1.94. The molecule has 0 atom stereocenters. The summed E-state index contributed by atoms with van der Waals surface area (Å²) >= 11 is 0. The summed E-state index contributed by atoms with van der Waals surface area (Å²) in [5.41, 5.74) is 2.99. The molecule has 1 aromatic heterocycles. The average molecular weight is 217 g/mol. The topological polar surface area (TPSA) is 63.3 Å². The van der Waals surface area contributed by atoms with Crippen LogP contribution in [0.4, 0.5) is 0 Å². The van der Waals surface area contributed by atoms with E-state index in [1.807, 2.05) is 32.0 Å². The molecule has 0 fully saturated rings. The van der Waals surface area contributed by atoms with E-state index in [1.54, 1.807) is 0 Å². The fourth-order valence-electron chi connectivity index (χ4n) is 1.50. The predicted octanol–water partition coefficient (Wildman–Crippen LogP) is 2.66. The number of rotatable bonds is 2. The van der Waals surface area contributed by atoms with Gasteiger partial charge in [-0.2, -0.15) is 0 Å². The number of oxazole rings is 1. The van der Waals surface area contributed by atoms with E-state index < -0.39 is 5.97 Å². The Morgan fingerprint density at radius 2 is 2.12 bits per heavy atom. The molecule has 4 heteroatoms. The number of benzene rings is 1. The Morgan fingerprint density at radius 1 is 1.38 bits per heavy atom. The number of hydrogen-bond donors (Lipinski definition) is 1. The highest BCUT2D eigenvalue weighted by molar-refractivity contribution is 5.82. The minimum atomic E-state index is -1.16. The molecule has 82 valence electrons. The lowest BCUT2D eigenvalue weighted by atomic mass is 10.0. The van der Waals surface area contributed by atoms with Crippen molar-refractivity contribution in [2.45, 2.75) is 13.8 Å². The van der Waals surface area contributed by atoms with Gasteiger partial charge in [0.15, 0.2) is 5.76 Å². The van der Waals surface area contributed by atoms with Crippen molar-refractivity contribution >= 4 is 5.97 Å². The fourth-order valence-corrected chi connectivity index (χ4v) is 1.50. The average Bonchev–Trinajstić information content (AvgIpc) is 2.70. The summed E-state index contributed by atoms with van der Waals surface area (Å²) < 4.78 is 5.16. The Hall–Kier alpha value is -2.10. The quantitative estimate of drug-likeness (QED) is 0.839. The highest BCUT2D eigenvalue weighted by Crippen LogP contribution is 2.25. The fraction of sp³-hybridized carbons (Fsp3) is 0.167. The SMILES string of the molecule is Cc1ccc(C)c(-c2cnc(C(=O)O)o2)c1. The van der Waals surface area contributed by atoms with Crippen molar-refractivity contribution in [1.29, 1.82) is 0 Å². The molecule has 1 N–H and O–H groups in total. The Morgan fingerprint density at radius 3 is 2.75 bits per heavy atom. The maximum absolute atomic E-state index is 10.6. The maximum Gasteiger partial charge on any atom is 0.392 e. The molecular weight excluding hydrogens is 206 g/mol. The van der Waals surface area contributed by atoms with Crippen molar-refractivity contribution in [3.8, 4) is 11.3 Å². The zero-order valence-electron chi connectivity index (χ0n) is 9.02. The van der Waals surface area contributed by atoms with Crippen molar-refractivity contribution in [3.63, 3.8) is 0 Å². The van der Waals surface area contributed by atoms with Crippen molar-refractivity contribution in [2.24, 2.45) is 0 Å². The van der Waals surface area contributed by atoms with Gasteiger partial charge in [0.2, 0.25) is 0 Å². The monoisotopic (exact) mass is 217 g/mol. The Balaban J connectivity index is 2.50. The van der Waals surface area contributed by atoms with Crippen LogP contribution >= 0.6 is 0 Å². The number of aryl methyl sites for hydroxylation is 2. The second-order valence-electron chi connectivity index (χ2n) is 3.65. The van der Waals surface area contributed by atoms with E-state index in [-0.39, 0.29) is 5.89 Å². The summed E-state index contributed by atoms with van der Waals surface area (Å²) in [4.78, 5) is 14.3. The van der Waals surface area contributed by atoms with Crippen LogP contribution in [0.3, 0.4) is 0 Å². The lowest BCUT2D eigenvalue weighted by Gasteiger charge is -2.02. The molecule has 0 aliphatic carbocycles. The lowest BCUT2D eigenvalue weighted by molar-refractivity contribution is 0.0654. The molecule has 4 nitrogen and oxygen atoms in total. The van der Waals surface area contributed by atoms with Crippen LogP contribution in [0.5, 0.6) is 0 Å². The molecule has 0 unspecified atom stereocenters. The molecule has 0 amide bonds. The van der Waals surface area contributed by atoms with Gasteiger partial charge in [0.1, 0.15) is 0 Å². The highest BCUT2D eigenvalue weighted by Gasteiger charge is 2.13. The molecular formula is C12H11NO3. The van der Waals surface area contributed by atoms with Crippen LogP contribution in [0.25, 0.3) is 11.3 Å². The van der Waals surface area contributed by atoms with E-state index in [4.69, 9.17) is 9.52 Å². The van der Waals surface area contributed by atoms with Crippen LogP contribution < -0.4 is 0 Å². The van der Waals surface area contributed by atoms with Crippen LogP contribution in [0.15, 0.2) is 28.8 Å². The first-order valence-electron chi connectivity index (χ1n) is 4.84. The normalized spacial score (nSPS) is 10.4. The molecule has 0 spiro atoms. The molecule has 1 aromatic carbocycles. The molecule has 0 aliphatic heterocycles. The molecule has 16 heavy (non-hydrogen) atoms. The molecule has 0 saturated carbocycles. The number of carboxylic acids is 1. The van der Waals surface area contributed by atoms with Gasteiger partial charge in [-0.3, -0.25) is 0 Å². The first-order valence-corrected chi connectivity index (χ1v) is 4.84. The highest BCUT2D eigenvalue weighted by atomic mass is 16.4. The number of hydrogen-bond acceptors (Lipinski definition) is 3. The van der Waals surface area contributed by atoms with E-state index >= 15 is 0 Å². The van der Waals surface area contributed by atoms with E-state index in [9.17, 15) is 4.79 Å². The van der Waals surface area contributed by atoms with Gasteiger partial charge in [-0.25, -0.2) is 9.78 Å². The minimum Gasteiger partial charge on any atom is -0.474 e. The summed E-state index contributed by atoms with van der Waals surface area (Å²) in [6.07, 6.45) is 1.44. The van der Waals surface area contributed by atoms with Gasteiger partial charge >= 0.3 is 11.9 Å². The third-order valence-corrected chi connectivity index (χ3v) is 2.35. The Labute approximate surface area is 92.6 Å².